The summed E-state index contributed by atoms with van der Waals surface area (Å²) in [5.74, 6) is 0.225. The first-order valence-electron chi connectivity index (χ1n) is 8.80. The quantitative estimate of drug-likeness (QED) is 0.497. The molecular weight excluding hydrogens is 332 g/mol. The second kappa shape index (κ2) is 10.2. The number of carbonyl (C=O) groups is 2. The van der Waals surface area contributed by atoms with Crippen molar-refractivity contribution in [3.63, 3.8) is 0 Å². The number of pyridine rings is 1. The van der Waals surface area contributed by atoms with Crippen molar-refractivity contribution in [1.82, 2.24) is 4.98 Å². The van der Waals surface area contributed by atoms with E-state index in [1.54, 1.807) is 30.3 Å². The number of rotatable bonds is 10. The van der Waals surface area contributed by atoms with Gasteiger partial charge < -0.3 is 15.2 Å². The summed E-state index contributed by atoms with van der Waals surface area (Å²) in [4.78, 5) is 28.0. The minimum Gasteiger partial charge on any atom is -0.504 e. The Bertz CT molecular complexity index is 729. The zero-order chi connectivity index (χ0) is 18.8. The number of aromatic nitrogens is 1. The molecule has 0 saturated carbocycles. The molecule has 2 rings (SSSR count). The first-order chi connectivity index (χ1) is 12.6. The molecule has 6 heteroatoms. The van der Waals surface area contributed by atoms with Gasteiger partial charge in [0.15, 0.2) is 17.4 Å². The molecule has 0 radical (unpaired) electrons. The minimum absolute atomic E-state index is 0.0180. The van der Waals surface area contributed by atoms with Crippen LogP contribution in [0, 0.1) is 0 Å². The Kier molecular flexibility index (Phi) is 7.61. The highest BCUT2D eigenvalue weighted by Gasteiger charge is 2.11. The van der Waals surface area contributed by atoms with Gasteiger partial charge in [-0.1, -0.05) is 19.8 Å². The van der Waals surface area contributed by atoms with Gasteiger partial charge in [0, 0.05) is 24.6 Å². The first-order valence-corrected chi connectivity index (χ1v) is 8.80. The molecule has 0 fully saturated rings. The summed E-state index contributed by atoms with van der Waals surface area (Å²) in [6.45, 7) is 2.81. The van der Waals surface area contributed by atoms with Crippen molar-refractivity contribution in [3.05, 3.63) is 48.2 Å². The van der Waals surface area contributed by atoms with Crippen LogP contribution in [0.15, 0.2) is 42.6 Å². The van der Waals surface area contributed by atoms with Gasteiger partial charge in [0.2, 0.25) is 5.91 Å². The van der Waals surface area contributed by atoms with Gasteiger partial charge in [-0.05, 0) is 42.8 Å². The summed E-state index contributed by atoms with van der Waals surface area (Å²) in [6, 6.07) is 9.95. The molecule has 0 aliphatic rings. The van der Waals surface area contributed by atoms with Gasteiger partial charge in [-0.15, -0.1) is 0 Å². The fraction of sp³-hybridized carbons (Fsp3) is 0.350. The van der Waals surface area contributed by atoms with Gasteiger partial charge >= 0.3 is 0 Å². The number of amides is 1. The molecule has 2 aromatic rings. The van der Waals surface area contributed by atoms with Crippen LogP contribution < -0.4 is 10.1 Å². The van der Waals surface area contributed by atoms with Crippen molar-refractivity contribution in [2.45, 2.75) is 39.0 Å². The van der Waals surface area contributed by atoms with E-state index >= 15 is 0 Å². The average Bonchev–Trinajstić information content (AvgIpc) is 2.66. The number of nitrogens with zero attached hydrogens (tertiary/aromatic N) is 1. The SMILES string of the molecule is CCCCCOc1ccc(C(=O)CCC(=O)Nc2ncccc2O)cc1. The molecular formula is C20H24N2O4. The standard InChI is InChI=1S/C20H24N2O4/c1-2-3-4-14-26-16-9-7-15(8-10-16)17(23)11-12-19(25)22-20-18(24)6-5-13-21-20/h5-10,13,24H,2-4,11-12,14H2,1H3,(H,21,22,25). The van der Waals surface area contributed by atoms with Gasteiger partial charge in [0.05, 0.1) is 6.61 Å². The summed E-state index contributed by atoms with van der Waals surface area (Å²) in [5, 5.41) is 12.1. The zero-order valence-corrected chi connectivity index (χ0v) is 14.9. The first kappa shape index (κ1) is 19.4. The summed E-state index contributed by atoms with van der Waals surface area (Å²) in [5.41, 5.74) is 0.541. The Balaban J connectivity index is 1.78. The molecule has 0 atom stereocenters. The summed E-state index contributed by atoms with van der Waals surface area (Å²) in [7, 11) is 0. The van der Waals surface area contributed by atoms with E-state index < -0.39 is 0 Å². The smallest absolute Gasteiger partial charge is 0.226 e. The van der Waals surface area contributed by atoms with E-state index in [9.17, 15) is 14.7 Å². The molecule has 0 aliphatic heterocycles. The van der Waals surface area contributed by atoms with Crippen LogP contribution in [0.25, 0.3) is 0 Å². The average molecular weight is 356 g/mol. The number of benzene rings is 1. The van der Waals surface area contributed by atoms with Gasteiger partial charge in [-0.25, -0.2) is 4.98 Å². The predicted octanol–water partition coefficient (Wildman–Crippen LogP) is 3.96. The van der Waals surface area contributed by atoms with Crippen molar-refractivity contribution in [1.29, 1.82) is 0 Å². The van der Waals surface area contributed by atoms with Crippen LogP contribution in [-0.2, 0) is 4.79 Å². The van der Waals surface area contributed by atoms with Crippen LogP contribution in [0.4, 0.5) is 5.82 Å². The zero-order valence-electron chi connectivity index (χ0n) is 14.9. The van der Waals surface area contributed by atoms with E-state index in [-0.39, 0.29) is 36.1 Å². The van der Waals surface area contributed by atoms with Gasteiger partial charge in [-0.3, -0.25) is 9.59 Å². The monoisotopic (exact) mass is 356 g/mol. The van der Waals surface area contributed by atoms with Crippen LogP contribution in [0.5, 0.6) is 11.5 Å². The fourth-order valence-electron chi connectivity index (χ4n) is 2.34. The maximum absolute atomic E-state index is 12.2. The van der Waals surface area contributed by atoms with E-state index in [1.807, 2.05) is 0 Å². The number of ketones is 1. The highest BCUT2D eigenvalue weighted by atomic mass is 16.5. The van der Waals surface area contributed by atoms with Crippen LogP contribution in [0.2, 0.25) is 0 Å². The van der Waals surface area contributed by atoms with Crippen LogP contribution in [0.3, 0.4) is 0 Å². The number of nitrogens with one attached hydrogen (secondary N) is 1. The molecule has 2 N–H and O–H groups in total. The molecule has 1 aromatic heterocycles. The molecule has 0 unspecified atom stereocenters. The number of carbonyl (C=O) groups excluding carboxylic acids is 2. The van der Waals surface area contributed by atoms with Crippen LogP contribution in [-0.4, -0.2) is 28.4 Å². The molecule has 1 amide bonds. The number of unbranched alkanes of at least 4 members (excludes halogenated alkanes) is 2. The van der Waals surface area contributed by atoms with Crippen LogP contribution >= 0.6 is 0 Å². The molecule has 1 aromatic carbocycles. The predicted molar refractivity (Wildman–Crippen MR) is 99.6 cm³/mol. The van der Waals surface area contributed by atoms with E-state index in [1.165, 1.54) is 12.3 Å². The Hall–Kier alpha value is -2.89. The summed E-state index contributed by atoms with van der Waals surface area (Å²) < 4.78 is 5.61. The lowest BCUT2D eigenvalue weighted by atomic mass is 10.1. The third-order valence-corrected chi connectivity index (χ3v) is 3.82. The number of ether oxygens (including phenoxy) is 1. The van der Waals surface area contributed by atoms with E-state index in [2.05, 4.69) is 17.2 Å². The minimum atomic E-state index is -0.372. The second-order valence-electron chi connectivity index (χ2n) is 5.92. The molecule has 0 aliphatic carbocycles. The van der Waals surface area contributed by atoms with Crippen molar-refractivity contribution in [2.24, 2.45) is 0 Å². The lowest BCUT2D eigenvalue weighted by Crippen LogP contribution is -2.14. The molecule has 138 valence electrons. The number of hydrogen-bond donors (Lipinski definition) is 2. The van der Waals surface area contributed by atoms with E-state index in [0.717, 1.165) is 25.0 Å². The molecule has 0 bridgehead atoms. The Labute approximate surface area is 153 Å². The molecule has 1 heterocycles. The largest absolute Gasteiger partial charge is 0.504 e. The van der Waals surface area contributed by atoms with E-state index in [4.69, 9.17) is 4.74 Å². The summed E-state index contributed by atoms with van der Waals surface area (Å²) in [6.07, 6.45) is 4.85. The molecule has 26 heavy (non-hydrogen) atoms. The number of Topliss-reactive ketones (excluding diaryl/α,β-unsaturated/α-hetero) is 1. The summed E-state index contributed by atoms with van der Waals surface area (Å²) >= 11 is 0. The number of aromatic hydroxyl groups is 1. The van der Waals surface area contributed by atoms with E-state index in [0.29, 0.717) is 12.2 Å². The maximum Gasteiger partial charge on any atom is 0.226 e. The molecule has 0 spiro atoms. The Morgan fingerprint density at radius 3 is 2.58 bits per heavy atom. The number of hydrogen-bond acceptors (Lipinski definition) is 5. The van der Waals surface area contributed by atoms with Crippen molar-refractivity contribution in [2.75, 3.05) is 11.9 Å². The lowest BCUT2D eigenvalue weighted by Gasteiger charge is -2.07. The van der Waals surface area contributed by atoms with Gasteiger partial charge in [-0.2, -0.15) is 0 Å². The normalized spacial score (nSPS) is 10.3. The van der Waals surface area contributed by atoms with Crippen LogP contribution in [0.1, 0.15) is 49.4 Å². The lowest BCUT2D eigenvalue weighted by molar-refractivity contribution is -0.116. The van der Waals surface area contributed by atoms with Gasteiger partial charge in [0.1, 0.15) is 5.75 Å². The second-order valence-corrected chi connectivity index (χ2v) is 5.92. The highest BCUT2D eigenvalue weighted by molar-refractivity contribution is 6.00. The molecule has 6 nitrogen and oxygen atoms in total. The highest BCUT2D eigenvalue weighted by Crippen LogP contribution is 2.19. The topological polar surface area (TPSA) is 88.5 Å². The Morgan fingerprint density at radius 1 is 1.12 bits per heavy atom. The molecule has 0 saturated heterocycles. The van der Waals surface area contributed by atoms with Crippen molar-refractivity contribution in [3.8, 4) is 11.5 Å². The maximum atomic E-state index is 12.2. The number of anilines is 1. The Morgan fingerprint density at radius 2 is 1.88 bits per heavy atom. The van der Waals surface area contributed by atoms with Crippen molar-refractivity contribution >= 4 is 17.5 Å². The van der Waals surface area contributed by atoms with Gasteiger partial charge in [0.25, 0.3) is 0 Å². The fourth-order valence-corrected chi connectivity index (χ4v) is 2.34. The third kappa shape index (κ3) is 6.20. The van der Waals surface area contributed by atoms with Crippen molar-refractivity contribution < 1.29 is 19.4 Å². The third-order valence-electron chi connectivity index (χ3n) is 3.82.